The van der Waals surface area contributed by atoms with Crippen molar-refractivity contribution in [2.24, 2.45) is 0 Å². The number of hydrogen-bond acceptors (Lipinski definition) is 3. The van der Waals surface area contributed by atoms with Gasteiger partial charge < -0.3 is 14.6 Å². The predicted octanol–water partition coefficient (Wildman–Crippen LogP) is 9.88. The van der Waals surface area contributed by atoms with Crippen LogP contribution in [0.25, 0.3) is 33.4 Å². The number of carbonyl (C=O) groups is 1. The molecule has 1 aliphatic carbocycles. The molecule has 4 aromatic carbocycles. The van der Waals surface area contributed by atoms with E-state index in [-0.39, 0.29) is 10.8 Å². The fourth-order valence-corrected chi connectivity index (χ4v) is 5.86. The van der Waals surface area contributed by atoms with Gasteiger partial charge in [0.1, 0.15) is 11.5 Å². The first-order chi connectivity index (χ1) is 19.1. The van der Waals surface area contributed by atoms with Gasteiger partial charge in [-0.15, -0.1) is 0 Å². The standard InChI is InChI=1S/C36H38O4/c1-6-20-39-32-23-27(22-31-33(32)36(4,5)19-18-35(31,2)3)30-21-26(14-17-29(30)25-10-8-7-9-11-25)24-12-15-28(16-13-24)40-34(37)38/h7-17,21-23H,6,18-20H2,1-5H3,(H,37,38). The number of hydrogen-bond donors (Lipinski definition) is 1. The van der Waals surface area contributed by atoms with Crippen molar-refractivity contribution in [2.75, 3.05) is 6.61 Å². The zero-order valence-electron chi connectivity index (χ0n) is 24.1. The maximum absolute atomic E-state index is 10.9. The summed E-state index contributed by atoms with van der Waals surface area (Å²) >= 11 is 0. The quantitative estimate of drug-likeness (QED) is 0.189. The molecule has 0 heterocycles. The minimum absolute atomic E-state index is 0.0374. The van der Waals surface area contributed by atoms with Crippen LogP contribution in [0.1, 0.15) is 65.0 Å². The lowest BCUT2D eigenvalue weighted by atomic mass is 9.62. The topological polar surface area (TPSA) is 55.8 Å². The van der Waals surface area contributed by atoms with E-state index in [9.17, 15) is 4.79 Å². The highest BCUT2D eigenvalue weighted by Crippen LogP contribution is 2.51. The molecule has 0 spiro atoms. The predicted molar refractivity (Wildman–Crippen MR) is 162 cm³/mol. The zero-order valence-corrected chi connectivity index (χ0v) is 24.1. The van der Waals surface area contributed by atoms with Crippen LogP contribution >= 0.6 is 0 Å². The third-order valence-electron chi connectivity index (χ3n) is 8.15. The van der Waals surface area contributed by atoms with Crippen molar-refractivity contribution in [1.29, 1.82) is 0 Å². The summed E-state index contributed by atoms with van der Waals surface area (Å²) < 4.78 is 11.3. The van der Waals surface area contributed by atoms with Gasteiger partial charge in [0.25, 0.3) is 0 Å². The zero-order chi connectivity index (χ0) is 28.5. The van der Waals surface area contributed by atoms with Crippen LogP contribution in [0.2, 0.25) is 0 Å². The van der Waals surface area contributed by atoms with E-state index in [1.54, 1.807) is 12.1 Å². The van der Waals surface area contributed by atoms with Crippen molar-refractivity contribution in [3.63, 3.8) is 0 Å². The Hall–Kier alpha value is -4.05. The van der Waals surface area contributed by atoms with Crippen molar-refractivity contribution in [1.82, 2.24) is 0 Å². The van der Waals surface area contributed by atoms with Crippen LogP contribution < -0.4 is 9.47 Å². The maximum Gasteiger partial charge on any atom is 0.511 e. The van der Waals surface area contributed by atoms with Gasteiger partial charge in [0, 0.05) is 5.56 Å². The van der Waals surface area contributed by atoms with E-state index in [1.165, 1.54) is 11.1 Å². The SMILES string of the molecule is CCCOc1cc(-c2cc(-c3ccc(OC(=O)O)cc3)ccc2-c2ccccc2)cc2c1C(C)(C)CCC2(C)C. The molecule has 4 aromatic rings. The first kappa shape index (κ1) is 27.5. The van der Waals surface area contributed by atoms with Crippen molar-refractivity contribution in [3.8, 4) is 44.9 Å². The molecule has 0 saturated carbocycles. The molecule has 206 valence electrons. The summed E-state index contributed by atoms with van der Waals surface area (Å²) in [5.74, 6) is 1.29. The molecule has 1 aliphatic rings. The summed E-state index contributed by atoms with van der Waals surface area (Å²) in [6, 6.07) is 28.8. The minimum atomic E-state index is -1.32. The molecule has 0 unspecified atom stereocenters. The van der Waals surface area contributed by atoms with Gasteiger partial charge in [-0.2, -0.15) is 0 Å². The van der Waals surface area contributed by atoms with Crippen LogP contribution in [-0.2, 0) is 10.8 Å². The molecule has 0 radical (unpaired) electrons. The third kappa shape index (κ3) is 5.49. The van der Waals surface area contributed by atoms with Crippen molar-refractivity contribution >= 4 is 6.16 Å². The van der Waals surface area contributed by atoms with Crippen molar-refractivity contribution < 1.29 is 19.4 Å². The maximum atomic E-state index is 10.9. The molecule has 5 rings (SSSR count). The highest BCUT2D eigenvalue weighted by Gasteiger charge is 2.40. The molecule has 0 aliphatic heterocycles. The lowest BCUT2D eigenvalue weighted by Gasteiger charge is -2.43. The summed E-state index contributed by atoms with van der Waals surface area (Å²) in [6.45, 7) is 12.2. The van der Waals surface area contributed by atoms with Crippen LogP contribution in [-0.4, -0.2) is 17.9 Å². The van der Waals surface area contributed by atoms with E-state index in [0.717, 1.165) is 58.4 Å². The van der Waals surface area contributed by atoms with E-state index in [0.29, 0.717) is 12.4 Å². The van der Waals surface area contributed by atoms with E-state index in [4.69, 9.17) is 14.6 Å². The van der Waals surface area contributed by atoms with Crippen LogP contribution in [0.15, 0.2) is 84.9 Å². The molecule has 4 nitrogen and oxygen atoms in total. The Morgan fingerprint density at radius 3 is 2.10 bits per heavy atom. The van der Waals surface area contributed by atoms with E-state index < -0.39 is 6.16 Å². The molecule has 40 heavy (non-hydrogen) atoms. The van der Waals surface area contributed by atoms with Crippen LogP contribution in [0.5, 0.6) is 11.5 Å². The van der Waals surface area contributed by atoms with Gasteiger partial charge in [-0.25, -0.2) is 4.79 Å². The Kier molecular flexibility index (Phi) is 7.46. The number of benzene rings is 4. The van der Waals surface area contributed by atoms with Crippen molar-refractivity contribution in [2.45, 2.75) is 64.7 Å². The molecule has 1 N–H and O–H groups in total. The minimum Gasteiger partial charge on any atom is -0.493 e. The molecule has 0 amide bonds. The molecule has 4 heteroatoms. The molecule has 0 bridgehead atoms. The molecule has 0 saturated heterocycles. The largest absolute Gasteiger partial charge is 0.511 e. The van der Waals surface area contributed by atoms with E-state index in [2.05, 4.69) is 89.2 Å². The Balaban J connectivity index is 1.72. The monoisotopic (exact) mass is 534 g/mol. The smallest absolute Gasteiger partial charge is 0.493 e. The summed E-state index contributed by atoms with van der Waals surface area (Å²) in [5.41, 5.74) is 9.41. The first-order valence-electron chi connectivity index (χ1n) is 14.1. The highest BCUT2D eigenvalue weighted by molar-refractivity contribution is 5.88. The lowest BCUT2D eigenvalue weighted by Crippen LogP contribution is -2.34. The van der Waals surface area contributed by atoms with Gasteiger partial charge in [0.2, 0.25) is 0 Å². The van der Waals surface area contributed by atoms with Gasteiger partial charge in [-0.1, -0.05) is 95.3 Å². The van der Waals surface area contributed by atoms with Gasteiger partial charge in [0.15, 0.2) is 0 Å². The average Bonchev–Trinajstić information content (AvgIpc) is 2.94. The Labute approximate surface area is 237 Å². The first-order valence-corrected chi connectivity index (χ1v) is 14.1. The second-order valence-corrected chi connectivity index (χ2v) is 12.0. The average molecular weight is 535 g/mol. The number of fused-ring (bicyclic) bond motifs is 1. The summed E-state index contributed by atoms with van der Waals surface area (Å²) in [7, 11) is 0. The van der Waals surface area contributed by atoms with Gasteiger partial charge >= 0.3 is 6.16 Å². The molecule has 0 aromatic heterocycles. The molecular weight excluding hydrogens is 496 g/mol. The highest BCUT2D eigenvalue weighted by atomic mass is 16.7. The normalized spacial score (nSPS) is 15.2. The fraction of sp³-hybridized carbons (Fsp3) is 0.306. The second-order valence-electron chi connectivity index (χ2n) is 12.0. The Bertz CT molecular complexity index is 1510. The second kappa shape index (κ2) is 10.8. The Morgan fingerprint density at radius 2 is 1.43 bits per heavy atom. The third-order valence-corrected chi connectivity index (χ3v) is 8.15. The fourth-order valence-electron chi connectivity index (χ4n) is 5.86. The van der Waals surface area contributed by atoms with E-state index in [1.807, 2.05) is 18.2 Å². The number of carboxylic acid groups (broad SMARTS) is 1. The Morgan fingerprint density at radius 1 is 0.750 bits per heavy atom. The van der Waals surface area contributed by atoms with Gasteiger partial charge in [-0.05, 0) is 93.3 Å². The van der Waals surface area contributed by atoms with Crippen LogP contribution in [0.4, 0.5) is 4.79 Å². The molecular formula is C36H38O4. The van der Waals surface area contributed by atoms with Gasteiger partial charge in [0.05, 0.1) is 6.61 Å². The lowest BCUT2D eigenvalue weighted by molar-refractivity contribution is 0.144. The van der Waals surface area contributed by atoms with E-state index >= 15 is 0 Å². The molecule has 0 fully saturated rings. The summed E-state index contributed by atoms with van der Waals surface area (Å²) in [5, 5.41) is 8.95. The number of rotatable bonds is 7. The van der Waals surface area contributed by atoms with Crippen LogP contribution in [0, 0.1) is 0 Å². The molecule has 0 atom stereocenters. The summed E-state index contributed by atoms with van der Waals surface area (Å²) in [6.07, 6.45) is 1.89. The van der Waals surface area contributed by atoms with Gasteiger partial charge in [-0.3, -0.25) is 0 Å². The number of ether oxygens (including phenoxy) is 2. The summed E-state index contributed by atoms with van der Waals surface area (Å²) in [4.78, 5) is 10.9. The van der Waals surface area contributed by atoms with Crippen molar-refractivity contribution in [3.05, 3.63) is 96.1 Å². The van der Waals surface area contributed by atoms with Crippen LogP contribution in [0.3, 0.4) is 0 Å².